The van der Waals surface area contributed by atoms with Gasteiger partial charge in [0.2, 0.25) is 0 Å². The predicted molar refractivity (Wildman–Crippen MR) is 125 cm³/mol. The van der Waals surface area contributed by atoms with Crippen LogP contribution >= 0.6 is 0 Å². The van der Waals surface area contributed by atoms with Crippen LogP contribution < -0.4 is 0 Å². The number of ether oxygens (including phenoxy) is 1. The summed E-state index contributed by atoms with van der Waals surface area (Å²) >= 11 is 0. The van der Waals surface area contributed by atoms with Gasteiger partial charge in [0.1, 0.15) is 18.7 Å². The van der Waals surface area contributed by atoms with Crippen LogP contribution in [-0.2, 0) is 11.5 Å². The van der Waals surface area contributed by atoms with E-state index in [4.69, 9.17) is 4.74 Å². The summed E-state index contributed by atoms with van der Waals surface area (Å²) in [4.78, 5) is 9.01. The van der Waals surface area contributed by atoms with Crippen LogP contribution in [0.5, 0.6) is 0 Å². The first-order valence-corrected chi connectivity index (χ1v) is 15.0. The molecule has 0 spiro atoms. The van der Waals surface area contributed by atoms with Crippen molar-refractivity contribution >= 4 is 19.1 Å². The number of hydrogen-bond donors (Lipinski definition) is 1. The van der Waals surface area contributed by atoms with Crippen molar-refractivity contribution < 1.29 is 9.84 Å². The Labute approximate surface area is 189 Å². The highest BCUT2D eigenvalue weighted by Crippen LogP contribution is 2.37. The standard InChI is InChI=1S/C23H32N6O2Si/c1-32(2,3)11-10-31-16-28-9-7-20-22(25-15-26-23(20)28)18-13-27-29(14-18)21(6-8-24)17-4-5-19(30)12-17/h7,9,13-15,17,19,21,30H,4-6,10-12,16H2,1-3H3/t17-,19+,21?/m0/s1. The van der Waals surface area contributed by atoms with Gasteiger partial charge in [-0.05, 0) is 37.3 Å². The maximum atomic E-state index is 9.94. The van der Waals surface area contributed by atoms with Crippen molar-refractivity contribution in [1.82, 2.24) is 24.3 Å². The Kier molecular flexibility index (Phi) is 6.74. The topological polar surface area (TPSA) is 102 Å². The number of aliphatic hydroxyl groups excluding tert-OH is 1. The average molecular weight is 453 g/mol. The van der Waals surface area contributed by atoms with E-state index in [1.165, 1.54) is 0 Å². The molecule has 3 heterocycles. The minimum absolute atomic E-state index is 0.0346. The molecule has 8 nitrogen and oxygen atoms in total. The number of aliphatic hydroxyl groups is 1. The third kappa shape index (κ3) is 5.09. The third-order valence-corrected chi connectivity index (χ3v) is 7.99. The molecule has 32 heavy (non-hydrogen) atoms. The van der Waals surface area contributed by atoms with Gasteiger partial charge in [-0.1, -0.05) is 19.6 Å². The number of rotatable bonds is 9. The zero-order chi connectivity index (χ0) is 22.7. The van der Waals surface area contributed by atoms with Crippen molar-refractivity contribution in [3.05, 3.63) is 31.0 Å². The molecule has 0 radical (unpaired) electrons. The first kappa shape index (κ1) is 22.6. The van der Waals surface area contributed by atoms with Crippen molar-refractivity contribution in [2.45, 2.75) is 70.2 Å². The quantitative estimate of drug-likeness (QED) is 0.385. The SMILES string of the molecule is C[Si](C)(C)CCOCn1ccc2c(-c3cnn(C(CC#N)[C@H]4CC[C@@H](O)C4)c3)ncnc21. The first-order valence-electron chi connectivity index (χ1n) is 11.3. The average Bonchev–Trinajstić information content (AvgIpc) is 3.48. The maximum absolute atomic E-state index is 9.94. The zero-order valence-electron chi connectivity index (χ0n) is 19.1. The van der Waals surface area contributed by atoms with Gasteiger partial charge in [0.15, 0.2) is 0 Å². The van der Waals surface area contributed by atoms with E-state index in [9.17, 15) is 10.4 Å². The van der Waals surface area contributed by atoms with E-state index in [1.54, 1.807) is 12.5 Å². The third-order valence-electron chi connectivity index (χ3n) is 6.29. The lowest BCUT2D eigenvalue weighted by molar-refractivity contribution is 0.0899. The van der Waals surface area contributed by atoms with Crippen molar-refractivity contribution in [1.29, 1.82) is 5.26 Å². The monoisotopic (exact) mass is 452 g/mol. The van der Waals surface area contributed by atoms with Gasteiger partial charge >= 0.3 is 0 Å². The number of nitriles is 1. The van der Waals surface area contributed by atoms with Gasteiger partial charge < -0.3 is 14.4 Å². The molecule has 1 unspecified atom stereocenters. The number of fused-ring (bicyclic) bond motifs is 1. The molecule has 0 bridgehead atoms. The number of hydrogen-bond acceptors (Lipinski definition) is 6. The molecule has 170 valence electrons. The van der Waals surface area contributed by atoms with Crippen LogP contribution in [0.1, 0.15) is 31.7 Å². The van der Waals surface area contributed by atoms with Crippen LogP contribution in [0.15, 0.2) is 31.0 Å². The lowest BCUT2D eigenvalue weighted by Gasteiger charge is -2.21. The van der Waals surface area contributed by atoms with Crippen LogP contribution in [0.4, 0.5) is 0 Å². The fourth-order valence-electron chi connectivity index (χ4n) is 4.43. The second-order valence-corrected chi connectivity index (χ2v) is 15.6. The summed E-state index contributed by atoms with van der Waals surface area (Å²) in [6, 6.07) is 5.41. The van der Waals surface area contributed by atoms with E-state index >= 15 is 0 Å². The predicted octanol–water partition coefficient (Wildman–Crippen LogP) is 4.22. The maximum Gasteiger partial charge on any atom is 0.145 e. The van der Waals surface area contributed by atoms with Crippen molar-refractivity contribution in [2.24, 2.45) is 5.92 Å². The molecule has 3 atom stereocenters. The van der Waals surface area contributed by atoms with Crippen LogP contribution in [0.3, 0.4) is 0 Å². The van der Waals surface area contributed by atoms with E-state index in [-0.39, 0.29) is 18.1 Å². The molecule has 1 saturated carbocycles. The lowest BCUT2D eigenvalue weighted by Crippen LogP contribution is -2.22. The summed E-state index contributed by atoms with van der Waals surface area (Å²) < 4.78 is 9.79. The molecule has 3 aromatic rings. The highest BCUT2D eigenvalue weighted by molar-refractivity contribution is 6.76. The normalized spacial score (nSPS) is 20.0. The van der Waals surface area contributed by atoms with Crippen molar-refractivity contribution in [3.63, 3.8) is 0 Å². The van der Waals surface area contributed by atoms with Crippen LogP contribution in [0.2, 0.25) is 25.7 Å². The molecule has 1 aliphatic rings. The fourth-order valence-corrected chi connectivity index (χ4v) is 5.19. The molecule has 1 N–H and O–H groups in total. The highest BCUT2D eigenvalue weighted by atomic mass is 28.3. The van der Waals surface area contributed by atoms with Crippen LogP contribution in [0.25, 0.3) is 22.3 Å². The van der Waals surface area contributed by atoms with Crippen LogP contribution in [0, 0.1) is 17.2 Å². The molecule has 0 aromatic carbocycles. The minimum Gasteiger partial charge on any atom is -0.393 e. The zero-order valence-corrected chi connectivity index (χ0v) is 20.1. The molecule has 0 amide bonds. The van der Waals surface area contributed by atoms with Gasteiger partial charge in [-0.3, -0.25) is 4.68 Å². The van der Waals surface area contributed by atoms with Crippen molar-refractivity contribution in [2.75, 3.05) is 6.61 Å². The highest BCUT2D eigenvalue weighted by Gasteiger charge is 2.31. The Hall–Kier alpha value is -2.54. The Morgan fingerprint density at radius 1 is 1.31 bits per heavy atom. The Bertz CT molecular complexity index is 1100. The summed E-state index contributed by atoms with van der Waals surface area (Å²) in [6.45, 7) is 8.26. The summed E-state index contributed by atoms with van der Waals surface area (Å²) in [5.74, 6) is 0.261. The summed E-state index contributed by atoms with van der Waals surface area (Å²) in [7, 11) is -1.12. The molecular formula is C23H32N6O2Si. The number of aromatic nitrogens is 5. The summed E-state index contributed by atoms with van der Waals surface area (Å²) in [5, 5.41) is 24.8. The van der Waals surface area contributed by atoms with Gasteiger partial charge in [0.25, 0.3) is 0 Å². The second kappa shape index (κ2) is 9.53. The Morgan fingerprint density at radius 2 is 2.16 bits per heavy atom. The number of nitrogens with zero attached hydrogens (tertiary/aromatic N) is 6. The molecule has 0 saturated heterocycles. The van der Waals surface area contributed by atoms with E-state index in [0.29, 0.717) is 13.2 Å². The van der Waals surface area contributed by atoms with Crippen molar-refractivity contribution in [3.8, 4) is 17.3 Å². The van der Waals surface area contributed by atoms with Crippen LogP contribution in [-0.4, -0.2) is 50.2 Å². The Morgan fingerprint density at radius 3 is 2.88 bits per heavy atom. The molecule has 9 heteroatoms. The smallest absolute Gasteiger partial charge is 0.145 e. The van der Waals surface area contributed by atoms with E-state index < -0.39 is 8.07 Å². The van der Waals surface area contributed by atoms with E-state index in [2.05, 4.69) is 40.8 Å². The minimum atomic E-state index is -1.12. The fraction of sp³-hybridized carbons (Fsp3) is 0.565. The lowest BCUT2D eigenvalue weighted by atomic mass is 9.96. The first-order chi connectivity index (χ1) is 15.4. The van der Waals surface area contributed by atoms with Gasteiger partial charge in [-0.25, -0.2) is 9.97 Å². The molecular weight excluding hydrogens is 420 g/mol. The largest absolute Gasteiger partial charge is 0.393 e. The summed E-state index contributed by atoms with van der Waals surface area (Å²) in [5.41, 5.74) is 2.56. The van der Waals surface area contributed by atoms with E-state index in [1.807, 2.05) is 27.7 Å². The van der Waals surface area contributed by atoms with Gasteiger partial charge in [-0.2, -0.15) is 10.4 Å². The van der Waals surface area contributed by atoms with Gasteiger partial charge in [-0.15, -0.1) is 0 Å². The van der Waals surface area contributed by atoms with E-state index in [0.717, 1.165) is 54.2 Å². The molecule has 3 aromatic heterocycles. The Balaban J connectivity index is 1.53. The van der Waals surface area contributed by atoms with Gasteiger partial charge in [0.05, 0.1) is 36.5 Å². The molecule has 1 fully saturated rings. The second-order valence-electron chi connectivity index (χ2n) is 9.96. The van der Waals surface area contributed by atoms with Gasteiger partial charge in [0, 0.05) is 38.0 Å². The molecule has 0 aliphatic heterocycles. The molecule has 4 rings (SSSR count). The molecule has 1 aliphatic carbocycles. The summed E-state index contributed by atoms with van der Waals surface area (Å²) in [6.07, 6.45) is 9.87.